The van der Waals surface area contributed by atoms with Gasteiger partial charge in [-0.05, 0) is 59.4 Å². The Kier molecular flexibility index (Phi) is 9.50. The number of hydrogen-bond acceptors (Lipinski definition) is 2. The predicted octanol–water partition coefficient (Wildman–Crippen LogP) is 8.55. The van der Waals surface area contributed by atoms with Crippen LogP contribution in [0.5, 0.6) is 11.5 Å². The van der Waals surface area contributed by atoms with E-state index >= 15 is 0 Å². The Morgan fingerprint density at radius 1 is 0.419 bits per heavy atom. The Balaban J connectivity index is 1.53. The lowest BCUT2D eigenvalue weighted by Crippen LogP contribution is -1.97. The van der Waals surface area contributed by atoms with E-state index in [-0.39, 0.29) is 0 Å². The van der Waals surface area contributed by atoms with E-state index in [1.54, 1.807) is 0 Å². The van der Waals surface area contributed by atoms with Gasteiger partial charge in [0.1, 0.15) is 11.5 Å². The largest absolute Gasteiger partial charge is 0.494 e. The first-order chi connectivity index (χ1) is 15.3. The Bertz CT molecular complexity index is 864. The zero-order chi connectivity index (χ0) is 21.7. The number of rotatable bonds is 13. The van der Waals surface area contributed by atoms with Gasteiger partial charge in [-0.2, -0.15) is 0 Å². The molecular formula is C29H36O2. The first kappa shape index (κ1) is 22.9. The molecule has 0 spiro atoms. The van der Waals surface area contributed by atoms with Gasteiger partial charge >= 0.3 is 0 Å². The summed E-state index contributed by atoms with van der Waals surface area (Å²) >= 11 is 0. The third kappa shape index (κ3) is 7.47. The van der Waals surface area contributed by atoms with E-state index in [1.807, 2.05) is 0 Å². The Hall–Kier alpha value is -2.74. The second kappa shape index (κ2) is 12.8. The Morgan fingerprint density at radius 2 is 0.742 bits per heavy atom. The summed E-state index contributed by atoms with van der Waals surface area (Å²) in [6, 6.07) is 25.6. The van der Waals surface area contributed by atoms with Gasteiger partial charge in [0.05, 0.1) is 13.2 Å². The number of hydrogen-bond donors (Lipinski definition) is 0. The maximum absolute atomic E-state index is 5.86. The van der Waals surface area contributed by atoms with Crippen molar-refractivity contribution in [2.24, 2.45) is 0 Å². The van der Waals surface area contributed by atoms with Crippen molar-refractivity contribution in [2.45, 2.75) is 58.8 Å². The van der Waals surface area contributed by atoms with Crippen LogP contribution < -0.4 is 9.47 Å². The molecule has 0 unspecified atom stereocenters. The summed E-state index contributed by atoms with van der Waals surface area (Å²) in [6.45, 7) is 6.04. The lowest BCUT2D eigenvalue weighted by atomic mass is 10.0. The van der Waals surface area contributed by atoms with Crippen LogP contribution in [0.2, 0.25) is 0 Å². The minimum atomic E-state index is 0.796. The highest BCUT2D eigenvalue weighted by molar-refractivity contribution is 5.71. The van der Waals surface area contributed by atoms with E-state index in [4.69, 9.17) is 9.47 Å². The second-order valence-electron chi connectivity index (χ2n) is 8.09. The van der Waals surface area contributed by atoms with E-state index in [1.165, 1.54) is 54.4 Å². The van der Waals surface area contributed by atoms with Crippen LogP contribution >= 0.6 is 0 Å². The third-order valence-electron chi connectivity index (χ3n) is 5.54. The molecule has 3 aromatic carbocycles. The lowest BCUT2D eigenvalue weighted by molar-refractivity contribution is 0.305. The van der Waals surface area contributed by atoms with E-state index in [0.29, 0.717) is 0 Å². The molecule has 0 aliphatic heterocycles. The number of benzene rings is 3. The molecule has 164 valence electrons. The van der Waals surface area contributed by atoms with Gasteiger partial charge in [0.2, 0.25) is 0 Å². The van der Waals surface area contributed by atoms with Crippen LogP contribution in [0.25, 0.3) is 22.3 Å². The molecule has 0 fully saturated rings. The highest BCUT2D eigenvalue weighted by Gasteiger charge is 2.03. The fourth-order valence-electron chi connectivity index (χ4n) is 3.60. The first-order valence-corrected chi connectivity index (χ1v) is 11.9. The van der Waals surface area contributed by atoms with Gasteiger partial charge in [-0.3, -0.25) is 0 Å². The second-order valence-corrected chi connectivity index (χ2v) is 8.09. The summed E-state index contributed by atoms with van der Waals surface area (Å²) in [5.41, 5.74) is 4.85. The molecule has 0 aliphatic rings. The van der Waals surface area contributed by atoms with Crippen molar-refractivity contribution in [3.8, 4) is 33.8 Å². The third-order valence-corrected chi connectivity index (χ3v) is 5.54. The van der Waals surface area contributed by atoms with Gasteiger partial charge in [0.25, 0.3) is 0 Å². The molecule has 0 N–H and O–H groups in total. The summed E-state index contributed by atoms with van der Waals surface area (Å²) in [4.78, 5) is 0. The molecule has 2 heteroatoms. The molecule has 0 radical (unpaired) electrons. The molecule has 0 amide bonds. The van der Waals surface area contributed by atoms with Crippen molar-refractivity contribution < 1.29 is 9.47 Å². The van der Waals surface area contributed by atoms with Gasteiger partial charge < -0.3 is 9.47 Å². The monoisotopic (exact) mass is 416 g/mol. The highest BCUT2D eigenvalue weighted by Crippen LogP contribution is 2.27. The fraction of sp³-hybridized carbons (Fsp3) is 0.379. The summed E-state index contributed by atoms with van der Waals surface area (Å²) in [5.74, 6) is 1.90. The van der Waals surface area contributed by atoms with Crippen molar-refractivity contribution >= 4 is 0 Å². The van der Waals surface area contributed by atoms with Crippen molar-refractivity contribution in [3.05, 3.63) is 72.8 Å². The first-order valence-electron chi connectivity index (χ1n) is 11.9. The van der Waals surface area contributed by atoms with Crippen molar-refractivity contribution in [1.29, 1.82) is 0 Å². The molecule has 0 atom stereocenters. The van der Waals surface area contributed by atoms with Crippen LogP contribution in [0.15, 0.2) is 72.8 Å². The summed E-state index contributed by atoms with van der Waals surface area (Å²) in [6.07, 6.45) is 8.47. The molecule has 3 rings (SSSR count). The van der Waals surface area contributed by atoms with Crippen LogP contribution in [-0.4, -0.2) is 13.2 Å². The van der Waals surface area contributed by atoms with E-state index < -0.39 is 0 Å². The molecular weight excluding hydrogens is 380 g/mol. The van der Waals surface area contributed by atoms with Gasteiger partial charge in [-0.1, -0.05) is 94.5 Å². The molecule has 0 heterocycles. The zero-order valence-electron chi connectivity index (χ0n) is 19.1. The lowest BCUT2D eigenvalue weighted by Gasteiger charge is -2.09. The van der Waals surface area contributed by atoms with Crippen molar-refractivity contribution in [1.82, 2.24) is 0 Å². The predicted molar refractivity (Wildman–Crippen MR) is 132 cm³/mol. The van der Waals surface area contributed by atoms with Crippen LogP contribution in [-0.2, 0) is 0 Å². The van der Waals surface area contributed by atoms with E-state index in [0.717, 1.165) is 37.6 Å². The average Bonchev–Trinajstić information content (AvgIpc) is 2.83. The van der Waals surface area contributed by atoms with Gasteiger partial charge in [0, 0.05) is 0 Å². The minimum absolute atomic E-state index is 0.796. The summed E-state index contributed by atoms with van der Waals surface area (Å²) in [7, 11) is 0. The SMILES string of the molecule is CCCCCCOc1ccc(-c2ccc(-c3ccc(OCCCCC)cc3)cc2)cc1. The highest BCUT2D eigenvalue weighted by atomic mass is 16.5. The van der Waals surface area contributed by atoms with Gasteiger partial charge in [-0.25, -0.2) is 0 Å². The maximum Gasteiger partial charge on any atom is 0.119 e. The smallest absolute Gasteiger partial charge is 0.119 e. The molecule has 0 saturated heterocycles. The van der Waals surface area contributed by atoms with Gasteiger partial charge in [0.15, 0.2) is 0 Å². The van der Waals surface area contributed by atoms with Crippen molar-refractivity contribution in [2.75, 3.05) is 13.2 Å². The summed E-state index contributed by atoms with van der Waals surface area (Å²) in [5, 5.41) is 0. The van der Waals surface area contributed by atoms with Gasteiger partial charge in [-0.15, -0.1) is 0 Å². The topological polar surface area (TPSA) is 18.5 Å². The standard InChI is InChI=1S/C29H36O2/c1-3-5-7-9-23-31-29-20-16-27(17-21-29)25-12-10-24(11-13-25)26-14-18-28(19-15-26)30-22-8-6-4-2/h10-21H,3-9,22-23H2,1-2H3. The number of unbranched alkanes of at least 4 members (excludes halogenated alkanes) is 5. The number of ether oxygens (including phenoxy) is 2. The fourth-order valence-corrected chi connectivity index (χ4v) is 3.60. The quantitative estimate of drug-likeness (QED) is 0.260. The average molecular weight is 417 g/mol. The molecule has 0 saturated carbocycles. The minimum Gasteiger partial charge on any atom is -0.494 e. The Morgan fingerprint density at radius 3 is 1.13 bits per heavy atom. The molecule has 3 aromatic rings. The molecule has 0 bridgehead atoms. The molecule has 31 heavy (non-hydrogen) atoms. The summed E-state index contributed by atoms with van der Waals surface area (Å²) < 4.78 is 11.7. The van der Waals surface area contributed by atoms with Crippen LogP contribution in [0, 0.1) is 0 Å². The van der Waals surface area contributed by atoms with E-state index in [2.05, 4.69) is 86.6 Å². The van der Waals surface area contributed by atoms with E-state index in [9.17, 15) is 0 Å². The van der Waals surface area contributed by atoms with Crippen LogP contribution in [0.4, 0.5) is 0 Å². The molecule has 0 aromatic heterocycles. The molecule has 0 aliphatic carbocycles. The van der Waals surface area contributed by atoms with Crippen LogP contribution in [0.1, 0.15) is 58.8 Å². The maximum atomic E-state index is 5.86. The normalized spacial score (nSPS) is 10.8. The molecule has 2 nitrogen and oxygen atoms in total. The van der Waals surface area contributed by atoms with Crippen molar-refractivity contribution in [3.63, 3.8) is 0 Å². The Labute approximate surface area is 188 Å². The zero-order valence-corrected chi connectivity index (χ0v) is 19.1. The van der Waals surface area contributed by atoms with Crippen LogP contribution in [0.3, 0.4) is 0 Å².